The van der Waals surface area contributed by atoms with Crippen LogP contribution in [0.3, 0.4) is 0 Å². The Balaban J connectivity index is 0.000000422. The van der Waals surface area contributed by atoms with Crippen molar-refractivity contribution in [2.75, 3.05) is 26.2 Å². The van der Waals surface area contributed by atoms with Gasteiger partial charge in [-0.3, -0.25) is 4.90 Å². The van der Waals surface area contributed by atoms with E-state index in [9.17, 15) is 0 Å². The van der Waals surface area contributed by atoms with Crippen LogP contribution in [0.1, 0.15) is 19.3 Å². The van der Waals surface area contributed by atoms with Gasteiger partial charge in [0, 0.05) is 25.2 Å². The first-order valence-electron chi connectivity index (χ1n) is 4.85. The molecule has 0 aromatic heterocycles. The van der Waals surface area contributed by atoms with E-state index < -0.39 is 0 Å². The molecule has 3 saturated heterocycles. The molecule has 2 bridgehead atoms. The first-order valence-corrected chi connectivity index (χ1v) is 4.85. The Kier molecular flexibility index (Phi) is 3.50. The summed E-state index contributed by atoms with van der Waals surface area (Å²) in [6.45, 7) is 5.16. The van der Waals surface area contributed by atoms with Crippen LogP contribution in [0.2, 0.25) is 0 Å². The Hall–Kier alpha value is 0.500. The van der Waals surface area contributed by atoms with Gasteiger partial charge in [-0.1, -0.05) is 0 Å². The predicted molar refractivity (Wildman–Crippen MR) is 59.0 cm³/mol. The maximum atomic E-state index is 3.52. The molecule has 1 aliphatic carbocycles. The summed E-state index contributed by atoms with van der Waals surface area (Å²) >= 11 is 0. The Labute approximate surface area is 92.3 Å². The van der Waals surface area contributed by atoms with E-state index in [2.05, 4.69) is 10.2 Å². The first kappa shape index (κ1) is 11.6. The third kappa shape index (κ3) is 1.58. The molecule has 3 aliphatic heterocycles. The van der Waals surface area contributed by atoms with Gasteiger partial charge in [0.05, 0.1) is 0 Å². The SMILES string of the molecule is C1CN2CCC3CC2(CN1)C3.Cl.Cl. The minimum absolute atomic E-state index is 0. The van der Waals surface area contributed by atoms with E-state index in [0.29, 0.717) is 5.54 Å². The van der Waals surface area contributed by atoms with Gasteiger partial charge in [0.25, 0.3) is 0 Å². The second kappa shape index (κ2) is 3.93. The Morgan fingerprint density at radius 1 is 1.15 bits per heavy atom. The molecule has 0 unspecified atom stereocenters. The normalized spacial score (nSPS) is 42.0. The van der Waals surface area contributed by atoms with Crippen molar-refractivity contribution in [1.82, 2.24) is 10.2 Å². The average Bonchev–Trinajstić information content (AvgIpc) is 2.03. The first-order chi connectivity index (χ1) is 5.39. The van der Waals surface area contributed by atoms with Crippen molar-refractivity contribution in [3.05, 3.63) is 0 Å². The third-order valence-corrected chi connectivity index (χ3v) is 3.83. The molecule has 1 N–H and O–H groups in total. The van der Waals surface area contributed by atoms with E-state index in [-0.39, 0.29) is 24.8 Å². The van der Waals surface area contributed by atoms with Crippen molar-refractivity contribution in [3.63, 3.8) is 0 Å². The molecule has 0 radical (unpaired) electrons. The smallest absolute Gasteiger partial charge is 0.0339 e. The zero-order valence-corrected chi connectivity index (χ0v) is 9.42. The summed E-state index contributed by atoms with van der Waals surface area (Å²) in [7, 11) is 0. The highest BCUT2D eigenvalue weighted by atomic mass is 35.5. The maximum Gasteiger partial charge on any atom is 0.0339 e. The number of rotatable bonds is 0. The lowest BCUT2D eigenvalue weighted by atomic mass is 9.62. The average molecular weight is 225 g/mol. The standard InChI is InChI=1S/C9H16N2.2ClH/c1-3-11-4-2-10-7-9(11)5-8(1)6-9;;/h8,10H,1-7H2;2*1H. The number of fused-ring (bicyclic) bond motifs is 1. The van der Waals surface area contributed by atoms with Gasteiger partial charge in [0.1, 0.15) is 0 Å². The van der Waals surface area contributed by atoms with Crippen LogP contribution in [0.5, 0.6) is 0 Å². The summed E-state index contributed by atoms with van der Waals surface area (Å²) in [5.41, 5.74) is 0.640. The van der Waals surface area contributed by atoms with E-state index in [0.717, 1.165) is 5.92 Å². The minimum atomic E-state index is 0. The van der Waals surface area contributed by atoms with Crippen LogP contribution in [-0.4, -0.2) is 36.6 Å². The van der Waals surface area contributed by atoms with Crippen LogP contribution < -0.4 is 5.32 Å². The predicted octanol–water partition coefficient (Wildman–Crippen LogP) is 1.29. The molecule has 1 spiro atoms. The number of halogens is 2. The monoisotopic (exact) mass is 224 g/mol. The van der Waals surface area contributed by atoms with Crippen LogP contribution in [0.4, 0.5) is 0 Å². The molecule has 2 nitrogen and oxygen atoms in total. The second-order valence-electron chi connectivity index (χ2n) is 4.45. The fourth-order valence-electron chi connectivity index (χ4n) is 3.19. The van der Waals surface area contributed by atoms with E-state index in [1.165, 1.54) is 45.4 Å². The van der Waals surface area contributed by atoms with Crippen molar-refractivity contribution in [2.45, 2.75) is 24.8 Å². The molecule has 0 aromatic rings. The quantitative estimate of drug-likeness (QED) is 0.668. The molecule has 0 atom stereocenters. The number of piperidine rings is 2. The van der Waals surface area contributed by atoms with Crippen LogP contribution in [0.15, 0.2) is 0 Å². The molecule has 4 fully saturated rings. The van der Waals surface area contributed by atoms with Crippen molar-refractivity contribution in [3.8, 4) is 0 Å². The molecule has 4 aliphatic rings. The van der Waals surface area contributed by atoms with Crippen molar-refractivity contribution in [2.24, 2.45) is 5.92 Å². The van der Waals surface area contributed by atoms with Gasteiger partial charge in [-0.25, -0.2) is 0 Å². The summed E-state index contributed by atoms with van der Waals surface area (Å²) in [5, 5.41) is 3.52. The summed E-state index contributed by atoms with van der Waals surface area (Å²) in [6, 6.07) is 0. The molecule has 4 rings (SSSR count). The van der Waals surface area contributed by atoms with Crippen molar-refractivity contribution in [1.29, 1.82) is 0 Å². The van der Waals surface area contributed by atoms with Gasteiger partial charge in [-0.05, 0) is 31.7 Å². The highest BCUT2D eigenvalue weighted by molar-refractivity contribution is 5.85. The lowest BCUT2D eigenvalue weighted by molar-refractivity contribution is -0.0892. The minimum Gasteiger partial charge on any atom is -0.314 e. The van der Waals surface area contributed by atoms with Crippen LogP contribution in [-0.2, 0) is 0 Å². The van der Waals surface area contributed by atoms with Crippen molar-refractivity contribution < 1.29 is 0 Å². The van der Waals surface area contributed by atoms with E-state index >= 15 is 0 Å². The number of nitrogens with one attached hydrogen (secondary N) is 1. The lowest BCUT2D eigenvalue weighted by Crippen LogP contribution is -2.70. The summed E-state index contributed by atoms with van der Waals surface area (Å²) in [5.74, 6) is 1.09. The largest absolute Gasteiger partial charge is 0.314 e. The maximum absolute atomic E-state index is 3.52. The summed E-state index contributed by atoms with van der Waals surface area (Å²) in [4.78, 5) is 2.73. The summed E-state index contributed by atoms with van der Waals surface area (Å²) < 4.78 is 0. The lowest BCUT2D eigenvalue weighted by Gasteiger charge is -2.61. The van der Waals surface area contributed by atoms with Gasteiger partial charge < -0.3 is 5.32 Å². The Morgan fingerprint density at radius 2 is 1.92 bits per heavy atom. The molecule has 0 amide bonds. The topological polar surface area (TPSA) is 15.3 Å². The van der Waals surface area contributed by atoms with Gasteiger partial charge in [0.2, 0.25) is 0 Å². The fourth-order valence-corrected chi connectivity index (χ4v) is 3.19. The van der Waals surface area contributed by atoms with Crippen molar-refractivity contribution >= 4 is 24.8 Å². The van der Waals surface area contributed by atoms with Gasteiger partial charge >= 0.3 is 0 Å². The van der Waals surface area contributed by atoms with Crippen LogP contribution >= 0.6 is 24.8 Å². The van der Waals surface area contributed by atoms with Gasteiger partial charge in [-0.2, -0.15) is 0 Å². The molecule has 0 aromatic carbocycles. The number of hydrogen-bond acceptors (Lipinski definition) is 2. The number of piperazine rings is 1. The molecular weight excluding hydrogens is 207 g/mol. The van der Waals surface area contributed by atoms with E-state index in [1.54, 1.807) is 0 Å². The fraction of sp³-hybridized carbons (Fsp3) is 1.00. The molecular formula is C9H18Cl2N2. The van der Waals surface area contributed by atoms with Gasteiger partial charge in [-0.15, -0.1) is 24.8 Å². The molecule has 1 saturated carbocycles. The molecule has 13 heavy (non-hydrogen) atoms. The van der Waals surface area contributed by atoms with E-state index in [1.807, 2.05) is 0 Å². The van der Waals surface area contributed by atoms with Crippen LogP contribution in [0, 0.1) is 5.92 Å². The molecule has 4 heteroatoms. The highest BCUT2D eigenvalue weighted by Gasteiger charge is 2.52. The Bertz CT molecular complexity index is 173. The third-order valence-electron chi connectivity index (χ3n) is 3.83. The number of hydrogen-bond donors (Lipinski definition) is 1. The van der Waals surface area contributed by atoms with Gasteiger partial charge in [0.15, 0.2) is 0 Å². The van der Waals surface area contributed by atoms with Crippen LogP contribution in [0.25, 0.3) is 0 Å². The van der Waals surface area contributed by atoms with E-state index in [4.69, 9.17) is 0 Å². The zero-order chi connectivity index (χ0) is 7.31. The Morgan fingerprint density at radius 3 is 2.62 bits per heavy atom. The summed E-state index contributed by atoms with van der Waals surface area (Å²) in [6.07, 6.45) is 4.45. The molecule has 3 heterocycles. The molecule has 78 valence electrons. The number of nitrogens with zero attached hydrogens (tertiary/aromatic N) is 1. The highest BCUT2D eigenvalue weighted by Crippen LogP contribution is 2.48. The second-order valence-corrected chi connectivity index (χ2v) is 4.45. The zero-order valence-electron chi connectivity index (χ0n) is 7.79.